The van der Waals surface area contributed by atoms with Crippen molar-refractivity contribution in [3.8, 4) is 0 Å². The molecule has 0 aliphatic heterocycles. The number of aryl methyl sites for hydroxylation is 1. The second-order valence-corrected chi connectivity index (χ2v) is 6.25. The van der Waals surface area contributed by atoms with Crippen LogP contribution in [0.2, 0.25) is 0 Å². The number of hydrogen-bond donors (Lipinski definition) is 1. The molecule has 1 atom stereocenters. The third-order valence-electron chi connectivity index (χ3n) is 3.48. The molecule has 0 heterocycles. The summed E-state index contributed by atoms with van der Waals surface area (Å²) in [6.45, 7) is 13.6. The normalized spacial score (nSPS) is 13.3. The van der Waals surface area contributed by atoms with Crippen molar-refractivity contribution in [2.75, 3.05) is 13.1 Å². The summed E-state index contributed by atoms with van der Waals surface area (Å²) >= 11 is 0. The molecular formula is C17H29N. The summed E-state index contributed by atoms with van der Waals surface area (Å²) in [4.78, 5) is 0. The largest absolute Gasteiger partial charge is 0.316 e. The lowest BCUT2D eigenvalue weighted by Crippen LogP contribution is -2.30. The van der Waals surface area contributed by atoms with Crippen molar-refractivity contribution in [3.63, 3.8) is 0 Å². The van der Waals surface area contributed by atoms with Crippen LogP contribution in [0.15, 0.2) is 24.3 Å². The molecule has 0 aliphatic carbocycles. The van der Waals surface area contributed by atoms with E-state index in [-0.39, 0.29) is 0 Å². The van der Waals surface area contributed by atoms with E-state index in [2.05, 4.69) is 64.2 Å². The van der Waals surface area contributed by atoms with Gasteiger partial charge in [-0.05, 0) is 49.8 Å². The first-order valence-electron chi connectivity index (χ1n) is 7.25. The van der Waals surface area contributed by atoms with Crippen LogP contribution in [0.1, 0.15) is 38.8 Å². The van der Waals surface area contributed by atoms with Gasteiger partial charge >= 0.3 is 0 Å². The molecule has 1 aromatic carbocycles. The minimum Gasteiger partial charge on any atom is -0.316 e. The summed E-state index contributed by atoms with van der Waals surface area (Å²) < 4.78 is 0. The van der Waals surface area contributed by atoms with E-state index < -0.39 is 0 Å². The predicted octanol–water partition coefficient (Wildman–Crippen LogP) is 4.06. The topological polar surface area (TPSA) is 12.0 Å². The number of rotatable bonds is 7. The second-order valence-electron chi connectivity index (χ2n) is 6.25. The van der Waals surface area contributed by atoms with Gasteiger partial charge in [0.2, 0.25) is 0 Å². The Morgan fingerprint density at radius 3 is 2.33 bits per heavy atom. The molecule has 0 aromatic heterocycles. The standard InChI is InChI=1S/C17H29N/c1-13(2)11-18-12-17(14(3)4)10-16-8-6-7-15(5)9-16/h6-9,13-14,17-18H,10-12H2,1-5H3. The fourth-order valence-corrected chi connectivity index (χ4v) is 2.24. The third kappa shape index (κ3) is 5.68. The van der Waals surface area contributed by atoms with Crippen LogP contribution < -0.4 is 5.32 Å². The van der Waals surface area contributed by atoms with Gasteiger partial charge in [-0.25, -0.2) is 0 Å². The highest BCUT2D eigenvalue weighted by Gasteiger charge is 2.14. The first-order chi connectivity index (χ1) is 8.49. The van der Waals surface area contributed by atoms with Crippen molar-refractivity contribution in [3.05, 3.63) is 35.4 Å². The molecule has 1 N–H and O–H groups in total. The zero-order valence-electron chi connectivity index (χ0n) is 12.7. The summed E-state index contributed by atoms with van der Waals surface area (Å²) in [6, 6.07) is 8.91. The maximum Gasteiger partial charge on any atom is -0.00148 e. The summed E-state index contributed by atoms with van der Waals surface area (Å²) in [5, 5.41) is 3.60. The van der Waals surface area contributed by atoms with Gasteiger partial charge in [0, 0.05) is 0 Å². The van der Waals surface area contributed by atoms with Gasteiger partial charge < -0.3 is 5.32 Å². The Bertz CT molecular complexity index is 341. The van der Waals surface area contributed by atoms with Crippen LogP contribution in [0.3, 0.4) is 0 Å². The summed E-state index contributed by atoms with van der Waals surface area (Å²) in [6.07, 6.45) is 1.18. The Kier molecular flexibility index (Phi) is 6.42. The lowest BCUT2D eigenvalue weighted by molar-refractivity contribution is 0.352. The smallest absolute Gasteiger partial charge is 0.00148 e. The molecule has 0 aliphatic rings. The average Bonchev–Trinajstić information content (AvgIpc) is 2.27. The van der Waals surface area contributed by atoms with Gasteiger partial charge in [-0.3, -0.25) is 0 Å². The molecule has 0 saturated carbocycles. The molecule has 1 heteroatoms. The SMILES string of the molecule is Cc1cccc(CC(CNCC(C)C)C(C)C)c1. The van der Waals surface area contributed by atoms with E-state index >= 15 is 0 Å². The Balaban J connectivity index is 2.52. The van der Waals surface area contributed by atoms with E-state index in [1.54, 1.807) is 0 Å². The Morgan fingerprint density at radius 1 is 1.06 bits per heavy atom. The molecule has 0 spiro atoms. The predicted molar refractivity (Wildman–Crippen MR) is 80.9 cm³/mol. The molecule has 18 heavy (non-hydrogen) atoms. The van der Waals surface area contributed by atoms with Crippen LogP contribution in [0.4, 0.5) is 0 Å². The first-order valence-corrected chi connectivity index (χ1v) is 7.25. The van der Waals surface area contributed by atoms with Crippen LogP contribution in [-0.2, 0) is 6.42 Å². The van der Waals surface area contributed by atoms with Gasteiger partial charge in [0.1, 0.15) is 0 Å². The number of hydrogen-bond acceptors (Lipinski definition) is 1. The minimum absolute atomic E-state index is 0.727. The molecule has 1 unspecified atom stereocenters. The molecule has 1 aromatic rings. The molecule has 0 bridgehead atoms. The monoisotopic (exact) mass is 247 g/mol. The lowest BCUT2D eigenvalue weighted by Gasteiger charge is -2.22. The second kappa shape index (κ2) is 7.58. The molecule has 0 fully saturated rings. The van der Waals surface area contributed by atoms with Crippen LogP contribution in [0, 0.1) is 24.7 Å². The molecule has 1 nitrogen and oxygen atoms in total. The van der Waals surface area contributed by atoms with Crippen LogP contribution >= 0.6 is 0 Å². The van der Waals surface area contributed by atoms with Crippen molar-refractivity contribution < 1.29 is 0 Å². The summed E-state index contributed by atoms with van der Waals surface area (Å²) in [5.74, 6) is 2.19. The van der Waals surface area contributed by atoms with E-state index in [9.17, 15) is 0 Å². The highest BCUT2D eigenvalue weighted by molar-refractivity contribution is 5.22. The van der Waals surface area contributed by atoms with Crippen molar-refractivity contribution in [2.24, 2.45) is 17.8 Å². The van der Waals surface area contributed by atoms with E-state index in [1.165, 1.54) is 17.5 Å². The lowest BCUT2D eigenvalue weighted by atomic mass is 9.88. The van der Waals surface area contributed by atoms with E-state index in [0.29, 0.717) is 0 Å². The van der Waals surface area contributed by atoms with Gasteiger partial charge in [-0.2, -0.15) is 0 Å². The van der Waals surface area contributed by atoms with Crippen molar-refractivity contribution in [2.45, 2.75) is 41.0 Å². The van der Waals surface area contributed by atoms with Crippen LogP contribution in [0.5, 0.6) is 0 Å². The quantitative estimate of drug-likeness (QED) is 0.766. The molecule has 0 saturated heterocycles. The maximum atomic E-state index is 3.60. The number of nitrogens with one attached hydrogen (secondary N) is 1. The zero-order chi connectivity index (χ0) is 13.5. The van der Waals surface area contributed by atoms with Gasteiger partial charge in [-0.15, -0.1) is 0 Å². The van der Waals surface area contributed by atoms with E-state index in [0.717, 1.165) is 30.8 Å². The minimum atomic E-state index is 0.727. The molecule has 1 rings (SSSR count). The molecular weight excluding hydrogens is 218 g/mol. The van der Waals surface area contributed by atoms with E-state index in [1.807, 2.05) is 0 Å². The van der Waals surface area contributed by atoms with Gasteiger partial charge in [0.05, 0.1) is 0 Å². The summed E-state index contributed by atoms with van der Waals surface area (Å²) in [5.41, 5.74) is 2.84. The highest BCUT2D eigenvalue weighted by Crippen LogP contribution is 2.17. The van der Waals surface area contributed by atoms with Crippen LogP contribution in [-0.4, -0.2) is 13.1 Å². The molecule has 0 amide bonds. The van der Waals surface area contributed by atoms with Crippen molar-refractivity contribution in [1.29, 1.82) is 0 Å². The van der Waals surface area contributed by atoms with Crippen molar-refractivity contribution >= 4 is 0 Å². The number of benzene rings is 1. The Morgan fingerprint density at radius 2 is 1.78 bits per heavy atom. The fourth-order valence-electron chi connectivity index (χ4n) is 2.24. The fraction of sp³-hybridized carbons (Fsp3) is 0.647. The third-order valence-corrected chi connectivity index (χ3v) is 3.48. The van der Waals surface area contributed by atoms with Gasteiger partial charge in [0.15, 0.2) is 0 Å². The zero-order valence-corrected chi connectivity index (χ0v) is 12.7. The molecule has 102 valence electrons. The van der Waals surface area contributed by atoms with E-state index in [4.69, 9.17) is 0 Å². The Hall–Kier alpha value is -0.820. The van der Waals surface area contributed by atoms with Gasteiger partial charge in [0.25, 0.3) is 0 Å². The highest BCUT2D eigenvalue weighted by atomic mass is 14.9. The Labute approximate surface area is 113 Å². The van der Waals surface area contributed by atoms with Crippen molar-refractivity contribution in [1.82, 2.24) is 5.32 Å². The molecule has 0 radical (unpaired) electrons. The van der Waals surface area contributed by atoms with Crippen LogP contribution in [0.25, 0.3) is 0 Å². The average molecular weight is 247 g/mol. The summed E-state index contributed by atoms with van der Waals surface area (Å²) in [7, 11) is 0. The first kappa shape index (κ1) is 15.2. The van der Waals surface area contributed by atoms with Gasteiger partial charge in [-0.1, -0.05) is 57.5 Å². The maximum absolute atomic E-state index is 3.60.